The van der Waals surface area contributed by atoms with Gasteiger partial charge in [-0.3, -0.25) is 19.6 Å². The number of carbonyl (C=O) groups is 2. The first-order valence-electron chi connectivity index (χ1n) is 14.7. The molecule has 1 N–H and O–H groups in total. The third-order valence-corrected chi connectivity index (χ3v) is 7.99. The van der Waals surface area contributed by atoms with Crippen LogP contribution in [-0.2, 0) is 13.0 Å². The van der Waals surface area contributed by atoms with E-state index in [1.54, 1.807) is 17.0 Å². The first kappa shape index (κ1) is 28.7. The summed E-state index contributed by atoms with van der Waals surface area (Å²) in [6, 6.07) is 17.7. The van der Waals surface area contributed by atoms with Crippen molar-refractivity contribution in [1.82, 2.24) is 24.7 Å². The molecule has 2 aliphatic heterocycles. The maximum absolute atomic E-state index is 12.8. The van der Waals surface area contributed by atoms with Crippen molar-refractivity contribution < 1.29 is 14.3 Å². The number of aromatic nitrogens is 2. The Labute approximate surface area is 242 Å². The molecule has 0 saturated carbocycles. The summed E-state index contributed by atoms with van der Waals surface area (Å²) in [5.74, 6) is 0.00872. The number of hydrogen-bond acceptors (Lipinski definition) is 7. The molecule has 216 valence electrons. The number of hydrogen-bond donors (Lipinski definition) is 1. The number of aryl methyl sites for hydroxylation is 1. The number of ether oxygens (including phenoxy) is 1. The van der Waals surface area contributed by atoms with Crippen LogP contribution < -0.4 is 10.1 Å². The van der Waals surface area contributed by atoms with E-state index in [2.05, 4.69) is 38.1 Å². The van der Waals surface area contributed by atoms with Gasteiger partial charge in [-0.1, -0.05) is 24.6 Å². The van der Waals surface area contributed by atoms with Crippen LogP contribution in [-0.4, -0.2) is 82.0 Å². The number of piperidine rings is 1. The Morgan fingerprint density at radius 2 is 1.78 bits per heavy atom. The summed E-state index contributed by atoms with van der Waals surface area (Å²) in [5.41, 5.74) is 3.46. The van der Waals surface area contributed by atoms with Crippen LogP contribution in [0.1, 0.15) is 54.2 Å². The molecule has 41 heavy (non-hydrogen) atoms. The maximum atomic E-state index is 12.8. The number of nitrogens with one attached hydrogen (secondary N) is 1. The first-order valence-corrected chi connectivity index (χ1v) is 14.7. The SMILES string of the molecule is CC1CCCCN1Cc1ccc(C(=O)Nc2ccc(OC(=O)N3CCN(CCCc4ccccn4)CC3)nc2)cc1. The van der Waals surface area contributed by atoms with Crippen molar-refractivity contribution in [3.05, 3.63) is 83.8 Å². The van der Waals surface area contributed by atoms with Gasteiger partial charge in [0, 0.05) is 62.3 Å². The van der Waals surface area contributed by atoms with Gasteiger partial charge in [-0.05, 0) is 81.6 Å². The predicted octanol–water partition coefficient (Wildman–Crippen LogP) is 4.85. The minimum absolute atomic E-state index is 0.202. The number of likely N-dealkylation sites (tertiary alicyclic amines) is 1. The molecule has 1 aromatic carbocycles. The fourth-order valence-corrected chi connectivity index (χ4v) is 5.44. The molecule has 4 heterocycles. The molecule has 0 bridgehead atoms. The van der Waals surface area contributed by atoms with Crippen molar-refractivity contribution in [2.75, 3.05) is 44.6 Å². The topological polar surface area (TPSA) is 90.9 Å². The summed E-state index contributed by atoms with van der Waals surface area (Å²) in [4.78, 5) is 40.6. The highest BCUT2D eigenvalue weighted by Crippen LogP contribution is 2.20. The van der Waals surface area contributed by atoms with Crippen LogP contribution in [0.15, 0.2) is 67.0 Å². The predicted molar refractivity (Wildman–Crippen MR) is 159 cm³/mol. The van der Waals surface area contributed by atoms with E-state index in [9.17, 15) is 9.59 Å². The number of rotatable bonds is 9. The fourth-order valence-electron chi connectivity index (χ4n) is 5.44. The van der Waals surface area contributed by atoms with Gasteiger partial charge in [0.2, 0.25) is 5.88 Å². The number of amides is 2. The largest absolute Gasteiger partial charge is 0.416 e. The minimum atomic E-state index is -0.401. The zero-order valence-electron chi connectivity index (χ0n) is 23.9. The number of anilines is 1. The highest BCUT2D eigenvalue weighted by Gasteiger charge is 2.23. The van der Waals surface area contributed by atoms with Crippen molar-refractivity contribution in [2.24, 2.45) is 0 Å². The third-order valence-electron chi connectivity index (χ3n) is 7.99. The van der Waals surface area contributed by atoms with E-state index in [-0.39, 0.29) is 11.8 Å². The van der Waals surface area contributed by atoms with Gasteiger partial charge in [0.1, 0.15) is 0 Å². The molecular formula is C32H40N6O3. The maximum Gasteiger partial charge on any atom is 0.416 e. The van der Waals surface area contributed by atoms with Crippen LogP contribution in [0.3, 0.4) is 0 Å². The Morgan fingerprint density at radius 1 is 0.951 bits per heavy atom. The lowest BCUT2D eigenvalue weighted by molar-refractivity contribution is 0.102. The number of benzene rings is 1. The minimum Gasteiger partial charge on any atom is -0.391 e. The second-order valence-corrected chi connectivity index (χ2v) is 11.0. The van der Waals surface area contributed by atoms with Crippen molar-refractivity contribution >= 4 is 17.7 Å². The van der Waals surface area contributed by atoms with E-state index in [4.69, 9.17) is 4.74 Å². The Morgan fingerprint density at radius 3 is 2.49 bits per heavy atom. The number of carbonyl (C=O) groups excluding carboxylic acids is 2. The molecule has 0 radical (unpaired) electrons. The number of pyridine rings is 2. The van der Waals surface area contributed by atoms with E-state index in [1.165, 1.54) is 31.0 Å². The molecular weight excluding hydrogens is 516 g/mol. The second-order valence-electron chi connectivity index (χ2n) is 11.0. The fraction of sp³-hybridized carbons (Fsp3) is 0.438. The molecule has 9 heteroatoms. The van der Waals surface area contributed by atoms with E-state index < -0.39 is 6.09 Å². The summed E-state index contributed by atoms with van der Waals surface area (Å²) >= 11 is 0. The van der Waals surface area contributed by atoms with Crippen molar-refractivity contribution in [3.8, 4) is 5.88 Å². The summed E-state index contributed by atoms with van der Waals surface area (Å²) < 4.78 is 5.49. The lowest BCUT2D eigenvalue weighted by atomic mass is 10.0. The normalized spacial score (nSPS) is 18.2. The van der Waals surface area contributed by atoms with Crippen LogP contribution >= 0.6 is 0 Å². The van der Waals surface area contributed by atoms with Gasteiger partial charge in [-0.15, -0.1) is 0 Å². The van der Waals surface area contributed by atoms with Gasteiger partial charge in [-0.2, -0.15) is 0 Å². The molecule has 1 unspecified atom stereocenters. The Hall–Kier alpha value is -3.82. The number of nitrogens with zero attached hydrogens (tertiary/aromatic N) is 5. The van der Waals surface area contributed by atoms with E-state index >= 15 is 0 Å². The highest BCUT2D eigenvalue weighted by atomic mass is 16.6. The molecule has 3 aromatic rings. The van der Waals surface area contributed by atoms with Crippen LogP contribution in [0.2, 0.25) is 0 Å². The highest BCUT2D eigenvalue weighted by molar-refractivity contribution is 6.04. The van der Waals surface area contributed by atoms with Gasteiger partial charge in [0.15, 0.2) is 0 Å². The van der Waals surface area contributed by atoms with Gasteiger partial charge >= 0.3 is 6.09 Å². The average molecular weight is 557 g/mol. The summed E-state index contributed by atoms with van der Waals surface area (Å²) in [7, 11) is 0. The molecule has 2 fully saturated rings. The molecule has 2 saturated heterocycles. The van der Waals surface area contributed by atoms with Crippen LogP contribution in [0, 0.1) is 0 Å². The van der Waals surface area contributed by atoms with E-state index in [0.717, 1.165) is 51.3 Å². The van der Waals surface area contributed by atoms with E-state index in [1.807, 2.05) is 42.6 Å². The Kier molecular flexibility index (Phi) is 9.93. The molecule has 9 nitrogen and oxygen atoms in total. The van der Waals surface area contributed by atoms with E-state index in [0.29, 0.717) is 30.4 Å². The first-order chi connectivity index (χ1) is 20.0. The number of piperazine rings is 1. The molecule has 2 amide bonds. The molecule has 5 rings (SSSR count). The van der Waals surface area contributed by atoms with Gasteiger partial charge < -0.3 is 15.0 Å². The van der Waals surface area contributed by atoms with Gasteiger partial charge in [-0.25, -0.2) is 9.78 Å². The summed E-state index contributed by atoms with van der Waals surface area (Å²) in [5, 5.41) is 2.87. The molecule has 0 spiro atoms. The van der Waals surface area contributed by atoms with Crippen molar-refractivity contribution in [3.63, 3.8) is 0 Å². The second kappa shape index (κ2) is 14.2. The van der Waals surface area contributed by atoms with Gasteiger partial charge in [0.25, 0.3) is 5.91 Å². The monoisotopic (exact) mass is 556 g/mol. The Bertz CT molecular complexity index is 1260. The lowest BCUT2D eigenvalue weighted by Gasteiger charge is -2.33. The van der Waals surface area contributed by atoms with Crippen LogP contribution in [0.5, 0.6) is 5.88 Å². The zero-order chi connectivity index (χ0) is 28.4. The smallest absolute Gasteiger partial charge is 0.391 e. The standard InChI is InChI=1S/C32H40N6O3/c1-25-7-3-5-18-38(25)24-26-10-12-27(13-11-26)31(39)35-29-14-15-30(34-23-29)41-32(40)37-21-19-36(20-22-37)17-6-9-28-8-2-4-16-33-28/h2,4,8,10-16,23,25H,3,5-7,9,17-22,24H2,1H3,(H,35,39). The molecule has 1 atom stereocenters. The van der Waals surface area contributed by atoms with Crippen LogP contribution in [0.4, 0.5) is 10.5 Å². The third kappa shape index (κ3) is 8.34. The summed E-state index contributed by atoms with van der Waals surface area (Å²) in [6.07, 6.45) is 8.73. The Balaban J connectivity index is 1.03. The molecule has 2 aliphatic rings. The quantitative estimate of drug-likeness (QED) is 0.403. The average Bonchev–Trinajstić information content (AvgIpc) is 3.00. The summed E-state index contributed by atoms with van der Waals surface area (Å²) in [6.45, 7) is 8.18. The lowest BCUT2D eigenvalue weighted by Crippen LogP contribution is -2.49. The molecule has 0 aliphatic carbocycles. The van der Waals surface area contributed by atoms with Gasteiger partial charge in [0.05, 0.1) is 11.9 Å². The zero-order valence-corrected chi connectivity index (χ0v) is 23.9. The van der Waals surface area contributed by atoms with Crippen LogP contribution in [0.25, 0.3) is 0 Å². The van der Waals surface area contributed by atoms with Crippen molar-refractivity contribution in [2.45, 2.75) is 51.6 Å². The van der Waals surface area contributed by atoms with Crippen molar-refractivity contribution in [1.29, 1.82) is 0 Å². The molecule has 2 aromatic heterocycles.